The Morgan fingerprint density at radius 2 is 1.87 bits per heavy atom. The summed E-state index contributed by atoms with van der Waals surface area (Å²) in [6.07, 6.45) is 0. The van der Waals surface area contributed by atoms with Crippen LogP contribution < -0.4 is 5.73 Å². The van der Waals surface area contributed by atoms with Crippen molar-refractivity contribution < 1.29 is 5.11 Å². The van der Waals surface area contributed by atoms with E-state index >= 15 is 0 Å². The fourth-order valence-corrected chi connectivity index (χ4v) is 1.73. The average Bonchev–Trinajstić information content (AvgIpc) is 2.20. The molecule has 1 aromatic carbocycles. The van der Waals surface area contributed by atoms with Crippen molar-refractivity contribution in [2.45, 2.75) is 39.7 Å². The van der Waals surface area contributed by atoms with Crippen LogP contribution in [0.25, 0.3) is 0 Å². The smallest absolute Gasteiger partial charge is 0.0624 e. The van der Waals surface area contributed by atoms with Crippen LogP contribution in [0.5, 0.6) is 0 Å². The zero-order valence-corrected chi connectivity index (χ0v) is 10.0. The minimum atomic E-state index is -0.262. The summed E-state index contributed by atoms with van der Waals surface area (Å²) < 4.78 is 0. The van der Waals surface area contributed by atoms with Crippen molar-refractivity contribution in [1.82, 2.24) is 0 Å². The lowest BCUT2D eigenvalue weighted by molar-refractivity contribution is 0.267. The SMILES string of the molecule is Cc1cc(C(C)C)cc(C(N)CO)c1C. The molecule has 2 nitrogen and oxygen atoms in total. The van der Waals surface area contributed by atoms with Gasteiger partial charge in [0.15, 0.2) is 0 Å². The van der Waals surface area contributed by atoms with Gasteiger partial charge < -0.3 is 10.8 Å². The molecule has 1 rings (SSSR count). The Kier molecular flexibility index (Phi) is 3.89. The van der Waals surface area contributed by atoms with Crippen LogP contribution in [0, 0.1) is 13.8 Å². The molecule has 1 atom stereocenters. The van der Waals surface area contributed by atoms with Gasteiger partial charge in [0.25, 0.3) is 0 Å². The van der Waals surface area contributed by atoms with E-state index in [4.69, 9.17) is 10.8 Å². The Balaban J connectivity index is 3.25. The molecule has 15 heavy (non-hydrogen) atoms. The van der Waals surface area contributed by atoms with Gasteiger partial charge in [-0.2, -0.15) is 0 Å². The van der Waals surface area contributed by atoms with Gasteiger partial charge in [-0.05, 0) is 42.0 Å². The standard InChI is InChI=1S/C13H21NO/c1-8(2)11-5-9(3)10(4)12(6-11)13(14)7-15/h5-6,8,13,15H,7,14H2,1-4H3. The molecule has 0 amide bonds. The summed E-state index contributed by atoms with van der Waals surface area (Å²) in [6.45, 7) is 8.48. The van der Waals surface area contributed by atoms with Crippen molar-refractivity contribution in [2.75, 3.05) is 6.61 Å². The number of aliphatic hydroxyl groups is 1. The average molecular weight is 207 g/mol. The van der Waals surface area contributed by atoms with Crippen LogP contribution in [0.15, 0.2) is 12.1 Å². The fraction of sp³-hybridized carbons (Fsp3) is 0.538. The lowest BCUT2D eigenvalue weighted by Gasteiger charge is -2.17. The summed E-state index contributed by atoms with van der Waals surface area (Å²) in [5, 5.41) is 9.11. The molecular formula is C13H21NO. The molecule has 0 fully saturated rings. The van der Waals surface area contributed by atoms with Crippen molar-refractivity contribution in [3.63, 3.8) is 0 Å². The van der Waals surface area contributed by atoms with Crippen LogP contribution in [0.1, 0.15) is 48.1 Å². The quantitative estimate of drug-likeness (QED) is 0.799. The van der Waals surface area contributed by atoms with Crippen LogP contribution in [0.2, 0.25) is 0 Å². The van der Waals surface area contributed by atoms with E-state index in [1.807, 2.05) is 0 Å². The lowest BCUT2D eigenvalue weighted by Crippen LogP contribution is -2.16. The third kappa shape index (κ3) is 2.58. The Bertz CT molecular complexity index is 345. The highest BCUT2D eigenvalue weighted by molar-refractivity contribution is 5.40. The third-order valence-corrected chi connectivity index (χ3v) is 2.99. The molecule has 3 N–H and O–H groups in total. The van der Waals surface area contributed by atoms with Gasteiger partial charge in [0.05, 0.1) is 12.6 Å². The predicted octanol–water partition coefficient (Wildman–Crippen LogP) is 2.42. The fourth-order valence-electron chi connectivity index (χ4n) is 1.73. The maximum Gasteiger partial charge on any atom is 0.0624 e. The monoisotopic (exact) mass is 207 g/mol. The summed E-state index contributed by atoms with van der Waals surface area (Å²) in [6, 6.07) is 4.06. The first-order valence-electron chi connectivity index (χ1n) is 5.44. The van der Waals surface area contributed by atoms with Gasteiger partial charge in [-0.1, -0.05) is 26.0 Å². The highest BCUT2D eigenvalue weighted by Gasteiger charge is 2.12. The van der Waals surface area contributed by atoms with Crippen LogP contribution >= 0.6 is 0 Å². The number of rotatable bonds is 3. The third-order valence-electron chi connectivity index (χ3n) is 2.99. The summed E-state index contributed by atoms with van der Waals surface area (Å²) in [4.78, 5) is 0. The van der Waals surface area contributed by atoms with E-state index < -0.39 is 0 Å². The predicted molar refractivity (Wildman–Crippen MR) is 64.0 cm³/mol. The summed E-state index contributed by atoms with van der Waals surface area (Å²) in [5.74, 6) is 0.494. The van der Waals surface area contributed by atoms with Crippen molar-refractivity contribution in [1.29, 1.82) is 0 Å². The Hall–Kier alpha value is -0.860. The molecule has 84 valence electrons. The molecule has 0 aromatic heterocycles. The van der Waals surface area contributed by atoms with Gasteiger partial charge in [0.1, 0.15) is 0 Å². The molecule has 0 aliphatic carbocycles. The molecule has 0 bridgehead atoms. The molecule has 0 aliphatic rings. The van der Waals surface area contributed by atoms with Gasteiger partial charge in [-0.3, -0.25) is 0 Å². The summed E-state index contributed by atoms with van der Waals surface area (Å²) in [5.41, 5.74) is 10.7. The molecule has 2 heteroatoms. The molecule has 0 aliphatic heterocycles. The van der Waals surface area contributed by atoms with E-state index in [1.165, 1.54) is 16.7 Å². The largest absolute Gasteiger partial charge is 0.394 e. The molecule has 1 aromatic rings. The molecule has 1 unspecified atom stereocenters. The lowest BCUT2D eigenvalue weighted by atomic mass is 9.91. The van der Waals surface area contributed by atoms with Gasteiger partial charge in [0.2, 0.25) is 0 Å². The van der Waals surface area contributed by atoms with Crippen molar-refractivity contribution in [3.05, 3.63) is 34.4 Å². The zero-order chi connectivity index (χ0) is 11.6. The Labute approximate surface area is 92.1 Å². The topological polar surface area (TPSA) is 46.2 Å². The van der Waals surface area contributed by atoms with Gasteiger partial charge in [0, 0.05) is 0 Å². The highest BCUT2D eigenvalue weighted by atomic mass is 16.3. The number of nitrogens with two attached hydrogens (primary N) is 1. The summed E-state index contributed by atoms with van der Waals surface area (Å²) in [7, 11) is 0. The second kappa shape index (κ2) is 4.77. The summed E-state index contributed by atoms with van der Waals surface area (Å²) >= 11 is 0. The van der Waals surface area contributed by atoms with E-state index in [2.05, 4.69) is 39.8 Å². The van der Waals surface area contributed by atoms with E-state index in [0.29, 0.717) is 5.92 Å². The Morgan fingerprint density at radius 3 is 2.33 bits per heavy atom. The van der Waals surface area contributed by atoms with Crippen molar-refractivity contribution in [2.24, 2.45) is 5.73 Å². The van der Waals surface area contributed by atoms with Gasteiger partial charge in [-0.25, -0.2) is 0 Å². The van der Waals surface area contributed by atoms with Gasteiger partial charge in [-0.15, -0.1) is 0 Å². The van der Waals surface area contributed by atoms with E-state index in [9.17, 15) is 0 Å². The maximum absolute atomic E-state index is 9.11. The first-order chi connectivity index (χ1) is 6.97. The molecule has 0 saturated carbocycles. The maximum atomic E-state index is 9.11. The number of aliphatic hydroxyl groups excluding tert-OH is 1. The number of benzene rings is 1. The first-order valence-corrected chi connectivity index (χ1v) is 5.44. The molecular weight excluding hydrogens is 186 g/mol. The minimum absolute atomic E-state index is 0.00181. The van der Waals surface area contributed by atoms with Crippen LogP contribution in [-0.2, 0) is 0 Å². The Morgan fingerprint density at radius 1 is 1.27 bits per heavy atom. The van der Waals surface area contributed by atoms with E-state index in [0.717, 1.165) is 5.56 Å². The number of hydrogen-bond acceptors (Lipinski definition) is 2. The zero-order valence-electron chi connectivity index (χ0n) is 10.0. The van der Waals surface area contributed by atoms with Crippen molar-refractivity contribution >= 4 is 0 Å². The number of hydrogen-bond donors (Lipinski definition) is 2. The van der Waals surface area contributed by atoms with Crippen molar-refractivity contribution in [3.8, 4) is 0 Å². The first kappa shape index (κ1) is 12.2. The molecule has 0 saturated heterocycles. The van der Waals surface area contributed by atoms with Crippen LogP contribution in [0.3, 0.4) is 0 Å². The van der Waals surface area contributed by atoms with Crippen LogP contribution in [0.4, 0.5) is 0 Å². The molecule has 0 radical (unpaired) electrons. The van der Waals surface area contributed by atoms with Crippen LogP contribution in [-0.4, -0.2) is 11.7 Å². The molecule has 0 spiro atoms. The van der Waals surface area contributed by atoms with E-state index in [-0.39, 0.29) is 12.6 Å². The van der Waals surface area contributed by atoms with Gasteiger partial charge >= 0.3 is 0 Å². The normalized spacial score (nSPS) is 13.3. The second-order valence-electron chi connectivity index (χ2n) is 4.50. The number of aryl methyl sites for hydroxylation is 1. The highest BCUT2D eigenvalue weighted by Crippen LogP contribution is 2.25. The molecule has 0 heterocycles. The second-order valence-corrected chi connectivity index (χ2v) is 4.50. The van der Waals surface area contributed by atoms with E-state index in [1.54, 1.807) is 0 Å². The minimum Gasteiger partial charge on any atom is -0.394 e.